The predicted octanol–water partition coefficient (Wildman–Crippen LogP) is 3.49. The fourth-order valence-electron chi connectivity index (χ4n) is 4.90. The summed E-state index contributed by atoms with van der Waals surface area (Å²) in [5, 5.41) is 25.9. The number of ether oxygens (including phenoxy) is 1. The maximum absolute atomic E-state index is 13.5. The molecule has 1 aliphatic rings. The second-order valence-corrected chi connectivity index (χ2v) is 10.8. The van der Waals surface area contributed by atoms with Crippen LogP contribution in [0.15, 0.2) is 47.4 Å². The molecule has 41 heavy (non-hydrogen) atoms. The normalized spacial score (nSPS) is 16.2. The number of anilines is 2. The van der Waals surface area contributed by atoms with Gasteiger partial charge in [0.05, 0.1) is 48.2 Å². The zero-order valence-electron chi connectivity index (χ0n) is 22.4. The summed E-state index contributed by atoms with van der Waals surface area (Å²) in [6, 6.07) is 11.4. The highest BCUT2D eigenvalue weighted by Gasteiger charge is 2.30. The number of aliphatic hydroxyl groups excluding tert-OH is 2. The largest absolute Gasteiger partial charge is 0.495 e. The van der Waals surface area contributed by atoms with E-state index in [1.54, 1.807) is 24.3 Å². The molecule has 0 spiro atoms. The molecule has 0 radical (unpaired) electrons. The Balaban J connectivity index is 1.53. The molecule has 1 saturated heterocycles. The number of nitrogens with zero attached hydrogens (tertiary/aromatic N) is 2. The molecule has 0 aliphatic carbocycles. The highest BCUT2D eigenvalue weighted by atomic mass is 32.2. The van der Waals surface area contributed by atoms with Crippen molar-refractivity contribution in [2.75, 3.05) is 50.5 Å². The van der Waals surface area contributed by atoms with Gasteiger partial charge in [0.1, 0.15) is 12.3 Å². The van der Waals surface area contributed by atoms with E-state index in [1.807, 2.05) is 6.07 Å². The zero-order valence-corrected chi connectivity index (χ0v) is 23.3. The Morgan fingerprint density at radius 1 is 1.17 bits per heavy atom. The molecule has 1 aromatic heterocycles. The Kier molecular flexibility index (Phi) is 10.2. The number of hydrogen-bond donors (Lipinski definition) is 5. The fourth-order valence-corrected chi connectivity index (χ4v) is 5.29. The van der Waals surface area contributed by atoms with Gasteiger partial charge in [0.2, 0.25) is 0 Å². The zero-order chi connectivity index (χ0) is 29.6. The molecule has 1 fully saturated rings. The van der Waals surface area contributed by atoms with Crippen molar-refractivity contribution in [3.05, 3.63) is 48.2 Å². The van der Waals surface area contributed by atoms with Crippen molar-refractivity contribution >= 4 is 33.4 Å². The second-order valence-electron chi connectivity index (χ2n) is 9.79. The minimum absolute atomic E-state index is 0.0973. The predicted molar refractivity (Wildman–Crippen MR) is 152 cm³/mol. The first-order chi connectivity index (χ1) is 19.6. The highest BCUT2D eigenvalue weighted by molar-refractivity contribution is 7.79. The van der Waals surface area contributed by atoms with E-state index < -0.39 is 29.9 Å². The van der Waals surface area contributed by atoms with Crippen molar-refractivity contribution < 1.29 is 36.9 Å². The molecular weight excluding hydrogens is 561 g/mol. The van der Waals surface area contributed by atoms with Crippen LogP contribution < -0.4 is 15.4 Å². The number of benzene rings is 2. The number of aromatic nitrogens is 1. The molecule has 2 aromatic carbocycles. The number of piperidine rings is 1. The summed E-state index contributed by atoms with van der Waals surface area (Å²) in [5.74, 6) is 6.08. The molecule has 9 nitrogen and oxygen atoms in total. The van der Waals surface area contributed by atoms with Crippen LogP contribution in [0.4, 0.5) is 24.5 Å². The van der Waals surface area contributed by atoms with Crippen LogP contribution in [0.2, 0.25) is 0 Å². The van der Waals surface area contributed by atoms with Crippen molar-refractivity contribution in [1.29, 1.82) is 0 Å². The van der Waals surface area contributed by atoms with E-state index in [0.717, 1.165) is 31.6 Å². The minimum atomic E-state index is -4.45. The molecule has 0 saturated carbocycles. The van der Waals surface area contributed by atoms with Crippen LogP contribution in [-0.2, 0) is 17.6 Å². The third kappa shape index (κ3) is 8.15. The average molecular weight is 595 g/mol. The number of methoxy groups -OCH3 is 1. The maximum Gasteiger partial charge on any atom is 0.406 e. The summed E-state index contributed by atoms with van der Waals surface area (Å²) in [5.41, 5.74) is 1.89. The molecule has 0 amide bonds. The van der Waals surface area contributed by atoms with E-state index in [1.165, 1.54) is 23.8 Å². The van der Waals surface area contributed by atoms with E-state index in [-0.39, 0.29) is 29.8 Å². The van der Waals surface area contributed by atoms with Gasteiger partial charge in [-0.15, -0.1) is 0 Å². The molecule has 4 rings (SSSR count). The first-order valence-corrected chi connectivity index (χ1v) is 14.2. The molecule has 5 N–H and O–H groups in total. The summed E-state index contributed by atoms with van der Waals surface area (Å²) in [6.45, 7) is 0.490. The lowest BCUT2D eigenvalue weighted by molar-refractivity contribution is -0.140. The van der Waals surface area contributed by atoms with Gasteiger partial charge in [0.15, 0.2) is 11.1 Å². The van der Waals surface area contributed by atoms with Gasteiger partial charge in [-0.1, -0.05) is 12.0 Å². The molecule has 222 valence electrons. The smallest absolute Gasteiger partial charge is 0.406 e. The molecule has 2 unspecified atom stereocenters. The number of fused-ring (bicyclic) bond motifs is 1. The second kappa shape index (κ2) is 13.6. The highest BCUT2D eigenvalue weighted by Crippen LogP contribution is 2.31. The molecular formula is C28H33F3N4O5S. The van der Waals surface area contributed by atoms with E-state index in [2.05, 4.69) is 27.4 Å². The van der Waals surface area contributed by atoms with Crippen molar-refractivity contribution in [2.45, 2.75) is 42.6 Å². The van der Waals surface area contributed by atoms with Gasteiger partial charge < -0.3 is 39.6 Å². The molecule has 0 bridgehead atoms. The third-order valence-corrected chi connectivity index (χ3v) is 7.53. The topological polar surface area (TPSA) is 119 Å². The van der Waals surface area contributed by atoms with Crippen LogP contribution in [-0.4, -0.2) is 86.7 Å². The van der Waals surface area contributed by atoms with Gasteiger partial charge in [-0.25, -0.2) is 4.21 Å². The van der Waals surface area contributed by atoms with Crippen LogP contribution in [0.5, 0.6) is 5.75 Å². The van der Waals surface area contributed by atoms with E-state index >= 15 is 0 Å². The Labute approximate surface area is 238 Å². The first-order valence-electron chi connectivity index (χ1n) is 13.1. The summed E-state index contributed by atoms with van der Waals surface area (Å²) in [4.78, 5) is 2.25. The number of likely N-dealkylation sites (tertiary alicyclic amines) is 1. The third-order valence-electron chi connectivity index (χ3n) is 6.87. The number of nitrogens with one attached hydrogen (secondary N) is 2. The van der Waals surface area contributed by atoms with Crippen LogP contribution in [0.25, 0.3) is 10.9 Å². The van der Waals surface area contributed by atoms with Crippen LogP contribution in [0.3, 0.4) is 0 Å². The summed E-state index contributed by atoms with van der Waals surface area (Å²) < 4.78 is 67.6. The van der Waals surface area contributed by atoms with Gasteiger partial charge in [0, 0.05) is 42.8 Å². The van der Waals surface area contributed by atoms with Gasteiger partial charge in [-0.2, -0.15) is 13.2 Å². The molecule has 2 heterocycles. The van der Waals surface area contributed by atoms with Crippen molar-refractivity contribution in [3.63, 3.8) is 0 Å². The van der Waals surface area contributed by atoms with Gasteiger partial charge in [0.25, 0.3) is 0 Å². The molecule has 13 heteroatoms. The molecule has 2 atom stereocenters. The molecule has 3 aromatic rings. The number of β-amino-alcohol motifs (C(OH)–C–C–N with tert-alkyl or cyclic N) is 1. The SMILES string of the molecule is COc1cc(S(=O)O)ccc1NCC#Cc1cc2c(NC3CCN(CC(O)CO)CC3)cccc2n1CC(F)(F)F. The Morgan fingerprint density at radius 2 is 1.93 bits per heavy atom. The van der Waals surface area contributed by atoms with Gasteiger partial charge in [-0.05, 0) is 49.1 Å². The number of alkyl halides is 3. The van der Waals surface area contributed by atoms with E-state index in [4.69, 9.17) is 9.84 Å². The monoisotopic (exact) mass is 594 g/mol. The number of halogens is 3. The van der Waals surface area contributed by atoms with E-state index in [0.29, 0.717) is 28.9 Å². The lowest BCUT2D eigenvalue weighted by Crippen LogP contribution is -2.43. The average Bonchev–Trinajstić information content (AvgIpc) is 3.28. The van der Waals surface area contributed by atoms with Crippen LogP contribution in [0, 0.1) is 11.8 Å². The number of rotatable bonds is 10. The van der Waals surface area contributed by atoms with Crippen molar-refractivity contribution in [1.82, 2.24) is 9.47 Å². The summed E-state index contributed by atoms with van der Waals surface area (Å²) >= 11 is -2.16. The number of hydrogen-bond acceptors (Lipinski definition) is 7. The lowest BCUT2D eigenvalue weighted by Gasteiger charge is -2.33. The Morgan fingerprint density at radius 3 is 2.59 bits per heavy atom. The van der Waals surface area contributed by atoms with Crippen molar-refractivity contribution in [2.24, 2.45) is 0 Å². The lowest BCUT2D eigenvalue weighted by atomic mass is 10.0. The Bertz CT molecular complexity index is 1430. The first kappa shape index (κ1) is 30.7. The summed E-state index contributed by atoms with van der Waals surface area (Å²) in [6.07, 6.45) is -3.65. The van der Waals surface area contributed by atoms with Crippen molar-refractivity contribution in [3.8, 4) is 17.6 Å². The molecule has 1 aliphatic heterocycles. The van der Waals surface area contributed by atoms with Crippen LogP contribution >= 0.6 is 0 Å². The summed E-state index contributed by atoms with van der Waals surface area (Å²) in [7, 11) is 1.42. The quantitative estimate of drug-likeness (QED) is 0.179. The Hall–Kier alpha value is -3.28. The standard InChI is InChI=1S/C28H33F3N4O5S/c1-40-27-15-22(41(38)39)7-8-25(27)32-11-3-4-20-14-23-24(5-2-6-26(23)35(20)18-28(29,30)31)33-19-9-12-34(13-10-19)16-21(37)17-36/h2,5-8,14-15,19,21,32-33,36-37H,9-13,16-18H2,1H3,(H,38,39). The van der Waals surface area contributed by atoms with Gasteiger partial charge in [-0.3, -0.25) is 0 Å². The van der Waals surface area contributed by atoms with E-state index in [9.17, 15) is 27.0 Å². The maximum atomic E-state index is 13.5. The fraction of sp³-hybridized carbons (Fsp3) is 0.429. The van der Waals surface area contributed by atoms with Gasteiger partial charge >= 0.3 is 6.18 Å². The minimum Gasteiger partial charge on any atom is -0.495 e. The van der Waals surface area contributed by atoms with Crippen LogP contribution in [0.1, 0.15) is 18.5 Å². The number of aliphatic hydroxyl groups is 2.